The smallest absolute Gasteiger partial charge is 0.306 e. The molecule has 0 unspecified atom stereocenters. The number of carbonyl (C=O) groups is 2. The third-order valence-electron chi connectivity index (χ3n) is 3.98. The molecule has 0 aromatic heterocycles. The Morgan fingerprint density at radius 2 is 1.72 bits per heavy atom. The lowest BCUT2D eigenvalue weighted by Gasteiger charge is -2.26. The summed E-state index contributed by atoms with van der Waals surface area (Å²) >= 11 is 19.6. The molecule has 0 heterocycles. The summed E-state index contributed by atoms with van der Waals surface area (Å²) in [7, 11) is -3.97. The van der Waals surface area contributed by atoms with E-state index in [2.05, 4.69) is 10.6 Å². The van der Waals surface area contributed by atoms with E-state index in [9.17, 15) is 18.0 Å². The van der Waals surface area contributed by atoms with Crippen LogP contribution in [-0.4, -0.2) is 44.0 Å². The number of carbonyl (C=O) groups excluding carboxylic acids is 2. The van der Waals surface area contributed by atoms with Gasteiger partial charge in [0.05, 0.1) is 38.1 Å². The Morgan fingerprint density at radius 3 is 2.31 bits per heavy atom. The molecule has 12 heteroatoms. The number of amides is 2. The summed E-state index contributed by atoms with van der Waals surface area (Å²) in [6.07, 6.45) is 2.73. The van der Waals surface area contributed by atoms with Crippen molar-refractivity contribution in [3.63, 3.8) is 0 Å². The maximum atomic E-state index is 13.1. The minimum absolute atomic E-state index is 0.0168. The average molecular weight is 540 g/mol. The maximum absolute atomic E-state index is 13.1. The Morgan fingerprint density at radius 1 is 1.06 bits per heavy atom. The highest BCUT2D eigenvalue weighted by molar-refractivity contribution is 7.98. The lowest BCUT2D eigenvalue weighted by molar-refractivity contribution is 0.0909. The van der Waals surface area contributed by atoms with Gasteiger partial charge in [-0.1, -0.05) is 40.9 Å². The third kappa shape index (κ3) is 6.92. The molecule has 0 fully saturated rings. The second kappa shape index (κ2) is 10.5. The van der Waals surface area contributed by atoms with Crippen molar-refractivity contribution in [3.05, 3.63) is 56.5 Å². The third-order valence-corrected chi connectivity index (χ3v) is 6.77. The Balaban J connectivity index is 2.54. The summed E-state index contributed by atoms with van der Waals surface area (Å²) in [4.78, 5) is 26.2. The van der Waals surface area contributed by atoms with Gasteiger partial charge in [-0.2, -0.15) is 20.2 Å². The van der Waals surface area contributed by atoms with Crippen molar-refractivity contribution in [2.24, 2.45) is 0 Å². The van der Waals surface area contributed by atoms with Crippen LogP contribution in [0.3, 0.4) is 0 Å². The fraction of sp³-hybridized carbons (Fsp3) is 0.300. The zero-order valence-electron chi connectivity index (χ0n) is 17.6. The van der Waals surface area contributed by atoms with Crippen LogP contribution >= 0.6 is 46.6 Å². The molecule has 0 bridgehead atoms. The fourth-order valence-electron chi connectivity index (χ4n) is 2.77. The predicted octanol–water partition coefficient (Wildman–Crippen LogP) is 5.11. The Labute approximate surface area is 206 Å². The van der Waals surface area contributed by atoms with Gasteiger partial charge in [-0.3, -0.25) is 9.59 Å². The quantitative estimate of drug-likeness (QED) is 0.357. The van der Waals surface area contributed by atoms with Crippen molar-refractivity contribution in [2.75, 3.05) is 23.6 Å². The van der Waals surface area contributed by atoms with Crippen molar-refractivity contribution >= 4 is 74.2 Å². The summed E-state index contributed by atoms with van der Waals surface area (Å²) < 4.78 is 28.5. The monoisotopic (exact) mass is 538 g/mol. The van der Waals surface area contributed by atoms with Crippen LogP contribution < -0.4 is 14.8 Å². The van der Waals surface area contributed by atoms with Crippen LogP contribution in [0.1, 0.15) is 34.6 Å². The van der Waals surface area contributed by atoms with E-state index in [1.54, 1.807) is 13.8 Å². The van der Waals surface area contributed by atoms with Gasteiger partial charge in [-0.25, -0.2) is 0 Å². The van der Waals surface area contributed by atoms with Gasteiger partial charge in [0.25, 0.3) is 11.8 Å². The number of benzene rings is 2. The van der Waals surface area contributed by atoms with E-state index in [4.69, 9.17) is 39.0 Å². The van der Waals surface area contributed by atoms with E-state index in [1.165, 1.54) is 42.1 Å². The van der Waals surface area contributed by atoms with Crippen molar-refractivity contribution in [1.29, 1.82) is 0 Å². The SMILES string of the molecule is CSCC(C)(C)NC(=O)c1c(OS(C)(=O)=O)cccc1C(=O)Nc1ccc(Cl)c(Cl)c1Cl. The highest BCUT2D eigenvalue weighted by Crippen LogP contribution is 2.36. The van der Waals surface area contributed by atoms with E-state index in [-0.39, 0.29) is 37.6 Å². The molecule has 2 N–H and O–H groups in total. The number of thioether (sulfide) groups is 1. The van der Waals surface area contributed by atoms with E-state index in [1.807, 2.05) is 6.26 Å². The zero-order valence-corrected chi connectivity index (χ0v) is 21.5. The molecule has 32 heavy (non-hydrogen) atoms. The Kier molecular flexibility index (Phi) is 8.75. The normalized spacial score (nSPS) is 11.7. The molecular weight excluding hydrogens is 519 g/mol. The number of anilines is 1. The van der Waals surface area contributed by atoms with E-state index in [0.717, 1.165) is 6.26 Å². The summed E-state index contributed by atoms with van der Waals surface area (Å²) in [5.41, 5.74) is -0.837. The topological polar surface area (TPSA) is 102 Å². The first-order valence-electron chi connectivity index (χ1n) is 9.04. The van der Waals surface area contributed by atoms with E-state index < -0.39 is 27.5 Å². The molecule has 7 nitrogen and oxygen atoms in total. The van der Waals surface area contributed by atoms with Gasteiger partial charge in [0.1, 0.15) is 0 Å². The molecule has 2 amide bonds. The predicted molar refractivity (Wildman–Crippen MR) is 131 cm³/mol. The fourth-order valence-corrected chi connectivity index (χ4v) is 4.61. The Bertz CT molecular complexity index is 1150. The van der Waals surface area contributed by atoms with Crippen LogP contribution in [0.25, 0.3) is 0 Å². The molecular formula is C20H21Cl3N2O5S2. The molecule has 0 aliphatic rings. The van der Waals surface area contributed by atoms with Crippen LogP contribution in [0.5, 0.6) is 5.75 Å². The molecule has 2 aromatic carbocycles. The molecule has 0 spiro atoms. The first-order valence-corrected chi connectivity index (χ1v) is 13.4. The van der Waals surface area contributed by atoms with Gasteiger partial charge in [-0.15, -0.1) is 0 Å². The van der Waals surface area contributed by atoms with Crippen molar-refractivity contribution in [1.82, 2.24) is 5.32 Å². The number of nitrogens with one attached hydrogen (secondary N) is 2. The largest absolute Gasteiger partial charge is 0.382 e. The van der Waals surface area contributed by atoms with Crippen molar-refractivity contribution < 1.29 is 22.2 Å². The van der Waals surface area contributed by atoms with Gasteiger partial charge < -0.3 is 14.8 Å². The second-order valence-corrected chi connectivity index (χ2v) is 11.0. The summed E-state index contributed by atoms with van der Waals surface area (Å²) in [5, 5.41) is 5.65. The van der Waals surface area contributed by atoms with Crippen molar-refractivity contribution in [2.45, 2.75) is 19.4 Å². The summed E-state index contributed by atoms with van der Waals surface area (Å²) in [6, 6.07) is 6.96. The van der Waals surface area contributed by atoms with E-state index in [0.29, 0.717) is 5.75 Å². The molecule has 0 radical (unpaired) electrons. The second-order valence-electron chi connectivity index (χ2n) is 7.41. The number of rotatable bonds is 8. The maximum Gasteiger partial charge on any atom is 0.306 e. The molecule has 174 valence electrons. The van der Waals surface area contributed by atoms with Crippen LogP contribution in [0.2, 0.25) is 15.1 Å². The number of hydrogen-bond acceptors (Lipinski definition) is 6. The summed E-state index contributed by atoms with van der Waals surface area (Å²) in [6.45, 7) is 3.60. The van der Waals surface area contributed by atoms with Gasteiger partial charge in [0, 0.05) is 11.3 Å². The van der Waals surface area contributed by atoms with E-state index >= 15 is 0 Å². The first kappa shape index (κ1) is 26.6. The lowest BCUT2D eigenvalue weighted by Crippen LogP contribution is -2.46. The Hall–Kier alpha value is -1.65. The van der Waals surface area contributed by atoms with Gasteiger partial charge in [-0.05, 0) is 44.4 Å². The standard InChI is InChI=1S/C20H21Cl3N2O5S2/c1-20(2,10-31-3)25-19(27)15-11(6-5-7-14(15)30-32(4,28)29)18(26)24-13-9-8-12(21)16(22)17(13)23/h5-9H,10H2,1-4H3,(H,24,26)(H,25,27). The molecule has 0 saturated heterocycles. The number of hydrogen-bond donors (Lipinski definition) is 2. The molecule has 2 aromatic rings. The molecule has 0 aliphatic carbocycles. The molecule has 0 aliphatic heterocycles. The number of halogens is 3. The highest BCUT2D eigenvalue weighted by Gasteiger charge is 2.28. The van der Waals surface area contributed by atoms with Crippen molar-refractivity contribution in [3.8, 4) is 5.75 Å². The lowest BCUT2D eigenvalue weighted by atomic mass is 10.0. The van der Waals surface area contributed by atoms with Crippen LogP contribution in [0.4, 0.5) is 5.69 Å². The van der Waals surface area contributed by atoms with Crippen LogP contribution in [-0.2, 0) is 10.1 Å². The minimum atomic E-state index is -3.97. The first-order chi connectivity index (χ1) is 14.8. The average Bonchev–Trinajstić information content (AvgIpc) is 2.66. The minimum Gasteiger partial charge on any atom is -0.382 e. The van der Waals surface area contributed by atoms with Crippen LogP contribution in [0, 0.1) is 0 Å². The molecule has 2 rings (SSSR count). The summed E-state index contributed by atoms with van der Waals surface area (Å²) in [5.74, 6) is -1.10. The molecule has 0 saturated carbocycles. The van der Waals surface area contributed by atoms with Gasteiger partial charge >= 0.3 is 10.1 Å². The van der Waals surface area contributed by atoms with Crippen LogP contribution in [0.15, 0.2) is 30.3 Å². The van der Waals surface area contributed by atoms with Gasteiger partial charge in [0.2, 0.25) is 0 Å². The molecule has 0 atom stereocenters. The zero-order chi connectivity index (χ0) is 24.3. The van der Waals surface area contributed by atoms with Gasteiger partial charge in [0.15, 0.2) is 5.75 Å². The highest BCUT2D eigenvalue weighted by atomic mass is 35.5.